The summed E-state index contributed by atoms with van der Waals surface area (Å²) in [5, 5.41) is 3.45. The van der Waals surface area contributed by atoms with Gasteiger partial charge in [-0.2, -0.15) is 0 Å². The zero-order chi connectivity index (χ0) is 10.8. The Labute approximate surface area is 96.0 Å². The molecule has 0 amide bonds. The van der Waals surface area contributed by atoms with Gasteiger partial charge in [-0.3, -0.25) is 0 Å². The zero-order valence-corrected chi connectivity index (χ0v) is 9.56. The molecule has 0 aromatic carbocycles. The number of imidazole rings is 1. The number of hydrogen-bond donors (Lipinski definition) is 1. The lowest BCUT2D eigenvalue weighted by Crippen LogP contribution is -2.25. The number of nitrogens with one attached hydrogen (secondary N) is 1. The van der Waals surface area contributed by atoms with Gasteiger partial charge in [0.25, 0.3) is 0 Å². The Morgan fingerprint density at radius 3 is 3.12 bits per heavy atom. The van der Waals surface area contributed by atoms with E-state index in [0.29, 0.717) is 5.92 Å². The minimum Gasteiger partial charge on any atom is -0.381 e. The van der Waals surface area contributed by atoms with Crippen LogP contribution in [-0.4, -0.2) is 29.3 Å². The molecule has 2 aliphatic rings. The van der Waals surface area contributed by atoms with Crippen LogP contribution in [0.1, 0.15) is 18.5 Å². The van der Waals surface area contributed by atoms with Crippen LogP contribution in [0, 0.1) is 11.8 Å². The maximum atomic E-state index is 5.77. The summed E-state index contributed by atoms with van der Waals surface area (Å²) in [6.07, 6.45) is 6.61. The fraction of sp³-hybridized carbons (Fsp3) is 0.750. The van der Waals surface area contributed by atoms with Crippen molar-refractivity contribution in [3.8, 4) is 0 Å². The SMILES string of the molecule is c1ncn2c1CNC[C@H](COCC1CC1)C2. The summed E-state index contributed by atoms with van der Waals surface area (Å²) < 4.78 is 8.01. The second-order valence-electron chi connectivity index (χ2n) is 5.02. The normalized spacial score (nSPS) is 25.1. The predicted octanol–water partition coefficient (Wildman–Crippen LogP) is 1.03. The van der Waals surface area contributed by atoms with Crippen LogP contribution in [0.25, 0.3) is 0 Å². The molecule has 0 radical (unpaired) electrons. The lowest BCUT2D eigenvalue weighted by Gasteiger charge is -2.15. The Morgan fingerprint density at radius 2 is 2.25 bits per heavy atom. The lowest BCUT2D eigenvalue weighted by atomic mass is 10.1. The van der Waals surface area contributed by atoms with Crippen molar-refractivity contribution in [3.63, 3.8) is 0 Å². The first-order valence-corrected chi connectivity index (χ1v) is 6.19. The van der Waals surface area contributed by atoms with Gasteiger partial charge in [0.2, 0.25) is 0 Å². The molecule has 1 aliphatic heterocycles. The third-order valence-corrected chi connectivity index (χ3v) is 3.40. The molecule has 16 heavy (non-hydrogen) atoms. The van der Waals surface area contributed by atoms with Gasteiger partial charge in [-0.1, -0.05) is 0 Å². The van der Waals surface area contributed by atoms with Crippen molar-refractivity contribution in [2.75, 3.05) is 19.8 Å². The van der Waals surface area contributed by atoms with Crippen LogP contribution in [0.15, 0.2) is 12.5 Å². The van der Waals surface area contributed by atoms with Crippen LogP contribution in [0.3, 0.4) is 0 Å². The molecule has 0 saturated heterocycles. The number of aromatic nitrogens is 2. The van der Waals surface area contributed by atoms with Crippen LogP contribution in [0.5, 0.6) is 0 Å². The number of hydrogen-bond acceptors (Lipinski definition) is 3. The first-order chi connectivity index (χ1) is 7.92. The first kappa shape index (κ1) is 10.3. The molecule has 1 aromatic heterocycles. The molecule has 4 nitrogen and oxygen atoms in total. The van der Waals surface area contributed by atoms with Crippen molar-refractivity contribution in [3.05, 3.63) is 18.2 Å². The summed E-state index contributed by atoms with van der Waals surface area (Å²) >= 11 is 0. The van der Waals surface area contributed by atoms with Crippen molar-refractivity contribution in [2.45, 2.75) is 25.9 Å². The molecular weight excluding hydrogens is 202 g/mol. The van der Waals surface area contributed by atoms with E-state index in [4.69, 9.17) is 4.74 Å². The summed E-state index contributed by atoms with van der Waals surface area (Å²) in [7, 11) is 0. The maximum absolute atomic E-state index is 5.77. The summed E-state index contributed by atoms with van der Waals surface area (Å²) in [6.45, 7) is 4.85. The molecule has 1 saturated carbocycles. The first-order valence-electron chi connectivity index (χ1n) is 6.19. The Hall–Kier alpha value is -0.870. The van der Waals surface area contributed by atoms with Gasteiger partial charge >= 0.3 is 0 Å². The quantitative estimate of drug-likeness (QED) is 0.825. The van der Waals surface area contributed by atoms with Crippen molar-refractivity contribution >= 4 is 0 Å². The van der Waals surface area contributed by atoms with E-state index in [1.165, 1.54) is 18.5 Å². The third-order valence-electron chi connectivity index (χ3n) is 3.40. The van der Waals surface area contributed by atoms with E-state index in [1.807, 2.05) is 12.5 Å². The number of fused-ring (bicyclic) bond motifs is 1. The van der Waals surface area contributed by atoms with E-state index in [1.54, 1.807) is 0 Å². The number of nitrogens with zero attached hydrogens (tertiary/aromatic N) is 2. The third kappa shape index (κ3) is 2.44. The highest BCUT2D eigenvalue weighted by atomic mass is 16.5. The molecule has 4 heteroatoms. The van der Waals surface area contributed by atoms with E-state index in [2.05, 4.69) is 14.9 Å². The highest BCUT2D eigenvalue weighted by Gasteiger charge is 2.22. The smallest absolute Gasteiger partial charge is 0.0948 e. The average Bonchev–Trinajstić information content (AvgIpc) is 3.04. The fourth-order valence-electron chi connectivity index (χ4n) is 2.20. The highest BCUT2D eigenvalue weighted by Crippen LogP contribution is 2.29. The lowest BCUT2D eigenvalue weighted by molar-refractivity contribution is 0.0866. The molecule has 0 unspecified atom stereocenters. The van der Waals surface area contributed by atoms with E-state index in [9.17, 15) is 0 Å². The van der Waals surface area contributed by atoms with Gasteiger partial charge in [0.1, 0.15) is 0 Å². The minimum atomic E-state index is 0.578. The average molecular weight is 221 g/mol. The summed E-state index contributed by atoms with van der Waals surface area (Å²) in [5.74, 6) is 1.44. The molecule has 0 spiro atoms. The highest BCUT2D eigenvalue weighted by molar-refractivity contribution is 4.99. The molecule has 88 valence electrons. The van der Waals surface area contributed by atoms with E-state index in [-0.39, 0.29) is 0 Å². The van der Waals surface area contributed by atoms with Crippen LogP contribution < -0.4 is 5.32 Å². The van der Waals surface area contributed by atoms with Crippen molar-refractivity contribution in [1.29, 1.82) is 0 Å². The number of ether oxygens (including phenoxy) is 1. The number of rotatable bonds is 4. The fourth-order valence-corrected chi connectivity index (χ4v) is 2.20. The Morgan fingerprint density at radius 1 is 1.38 bits per heavy atom. The van der Waals surface area contributed by atoms with Gasteiger partial charge in [-0.25, -0.2) is 4.98 Å². The van der Waals surface area contributed by atoms with Crippen molar-refractivity contribution in [1.82, 2.24) is 14.9 Å². The molecular formula is C12H19N3O. The minimum absolute atomic E-state index is 0.578. The van der Waals surface area contributed by atoms with Gasteiger partial charge in [0.15, 0.2) is 0 Å². The van der Waals surface area contributed by atoms with Gasteiger partial charge in [0.05, 0.1) is 18.6 Å². The molecule has 3 rings (SSSR count). The monoisotopic (exact) mass is 221 g/mol. The molecule has 1 aromatic rings. The molecule has 0 bridgehead atoms. The Balaban J connectivity index is 1.51. The van der Waals surface area contributed by atoms with Crippen LogP contribution in [0.2, 0.25) is 0 Å². The summed E-state index contributed by atoms with van der Waals surface area (Å²) in [5.41, 5.74) is 1.28. The molecule has 2 heterocycles. The molecule has 1 N–H and O–H groups in total. The molecule has 1 fully saturated rings. The van der Waals surface area contributed by atoms with E-state index in [0.717, 1.165) is 38.8 Å². The van der Waals surface area contributed by atoms with Crippen molar-refractivity contribution in [2.24, 2.45) is 11.8 Å². The van der Waals surface area contributed by atoms with Crippen LogP contribution in [0.4, 0.5) is 0 Å². The van der Waals surface area contributed by atoms with Gasteiger partial charge in [0, 0.05) is 38.4 Å². The molecule has 1 aliphatic carbocycles. The van der Waals surface area contributed by atoms with E-state index >= 15 is 0 Å². The Kier molecular flexibility index (Phi) is 2.93. The standard InChI is InChI=1S/C12H19N3O/c1-2-10(1)7-16-8-11-3-13-4-12-5-14-9-15(12)6-11/h5,9-11,13H,1-4,6-8H2/t11-/m0/s1. The molecule has 1 atom stereocenters. The maximum Gasteiger partial charge on any atom is 0.0948 e. The van der Waals surface area contributed by atoms with Crippen LogP contribution in [-0.2, 0) is 17.8 Å². The van der Waals surface area contributed by atoms with Gasteiger partial charge < -0.3 is 14.6 Å². The Bertz CT molecular complexity index is 346. The largest absolute Gasteiger partial charge is 0.381 e. The second kappa shape index (κ2) is 4.55. The second-order valence-corrected chi connectivity index (χ2v) is 5.02. The van der Waals surface area contributed by atoms with Crippen molar-refractivity contribution < 1.29 is 4.74 Å². The zero-order valence-electron chi connectivity index (χ0n) is 9.56. The van der Waals surface area contributed by atoms with Gasteiger partial charge in [-0.15, -0.1) is 0 Å². The summed E-state index contributed by atoms with van der Waals surface area (Å²) in [6, 6.07) is 0. The predicted molar refractivity (Wildman–Crippen MR) is 61.0 cm³/mol. The van der Waals surface area contributed by atoms with Crippen LogP contribution >= 0.6 is 0 Å². The van der Waals surface area contributed by atoms with E-state index < -0.39 is 0 Å². The summed E-state index contributed by atoms with van der Waals surface area (Å²) in [4.78, 5) is 4.18. The topological polar surface area (TPSA) is 39.1 Å². The van der Waals surface area contributed by atoms with Gasteiger partial charge in [-0.05, 0) is 18.8 Å².